The van der Waals surface area contributed by atoms with Crippen molar-refractivity contribution in [1.82, 2.24) is 14.8 Å². The second-order valence-electron chi connectivity index (χ2n) is 4.88. The highest BCUT2D eigenvalue weighted by atomic mass is 16.5. The van der Waals surface area contributed by atoms with Crippen molar-refractivity contribution in [3.8, 4) is 17.2 Å². The van der Waals surface area contributed by atoms with Gasteiger partial charge in [-0.25, -0.2) is 0 Å². The first-order chi connectivity index (χ1) is 11.2. The van der Waals surface area contributed by atoms with Gasteiger partial charge in [0.2, 0.25) is 11.6 Å². The number of ether oxygens (including phenoxy) is 2. The smallest absolute Gasteiger partial charge is 0.204 e. The van der Waals surface area contributed by atoms with E-state index >= 15 is 0 Å². The van der Waals surface area contributed by atoms with Crippen LogP contribution in [0.15, 0.2) is 36.1 Å². The van der Waals surface area contributed by atoms with Crippen LogP contribution in [0.2, 0.25) is 0 Å². The molecule has 3 rings (SSSR count). The molecule has 0 radical (unpaired) electrons. The van der Waals surface area contributed by atoms with Gasteiger partial charge < -0.3 is 14.6 Å². The Kier molecular flexibility index (Phi) is 3.84. The van der Waals surface area contributed by atoms with E-state index in [0.717, 1.165) is 5.76 Å². The van der Waals surface area contributed by atoms with Crippen molar-refractivity contribution in [1.29, 1.82) is 0 Å². The summed E-state index contributed by atoms with van der Waals surface area (Å²) in [6.45, 7) is 1.83. The Morgan fingerprint density at radius 1 is 1.35 bits per heavy atom. The fourth-order valence-corrected chi connectivity index (χ4v) is 2.38. The van der Waals surface area contributed by atoms with E-state index in [1.807, 2.05) is 19.1 Å². The van der Waals surface area contributed by atoms with Gasteiger partial charge >= 0.3 is 0 Å². The first kappa shape index (κ1) is 14.8. The molecule has 1 aliphatic heterocycles. The third-order valence-corrected chi connectivity index (χ3v) is 3.41. The minimum absolute atomic E-state index is 0.0384. The minimum atomic E-state index is -0.0582. The van der Waals surface area contributed by atoms with E-state index in [1.54, 1.807) is 12.1 Å². The monoisotopic (exact) mass is 313 g/mol. The van der Waals surface area contributed by atoms with Crippen LogP contribution in [-0.2, 0) is 4.74 Å². The van der Waals surface area contributed by atoms with Crippen molar-refractivity contribution in [3.63, 3.8) is 0 Å². The molecular formula is C16H15N3O4. The zero-order chi connectivity index (χ0) is 16.4. The summed E-state index contributed by atoms with van der Waals surface area (Å²) in [5.74, 6) is 1.88. The Balaban J connectivity index is 2.22. The number of allylic oxidation sites excluding steroid dienone is 3. The lowest BCUT2D eigenvalue weighted by molar-refractivity contribution is 0.111. The minimum Gasteiger partial charge on any atom is -0.506 e. The summed E-state index contributed by atoms with van der Waals surface area (Å²) in [4.78, 5) is 11.4. The second-order valence-corrected chi connectivity index (χ2v) is 4.88. The molecule has 1 aliphatic rings. The van der Waals surface area contributed by atoms with Crippen molar-refractivity contribution in [2.24, 2.45) is 0 Å². The molecule has 118 valence electrons. The van der Waals surface area contributed by atoms with Crippen LogP contribution in [0.4, 0.5) is 0 Å². The summed E-state index contributed by atoms with van der Waals surface area (Å²) in [7, 11) is 1.48. The Labute approximate surface area is 132 Å². The van der Waals surface area contributed by atoms with Gasteiger partial charge in [-0.15, -0.1) is 10.2 Å². The van der Waals surface area contributed by atoms with E-state index in [-0.39, 0.29) is 17.3 Å². The van der Waals surface area contributed by atoms with Crippen LogP contribution in [0.25, 0.3) is 11.4 Å². The summed E-state index contributed by atoms with van der Waals surface area (Å²) in [6, 6.07) is 4.82. The molecule has 7 heteroatoms. The van der Waals surface area contributed by atoms with Crippen LogP contribution in [0, 0.1) is 0 Å². The lowest BCUT2D eigenvalue weighted by atomic mass is 10.2. The zero-order valence-electron chi connectivity index (χ0n) is 12.7. The number of methoxy groups -OCH3 is 1. The standard InChI is InChI=1S/C16H15N3O4/c1-10-5-3-8-13(23-10)16-18-17-14(9-20)19(16)15-11(21)6-4-7-12(15)22-2/h4-9,21H,3H2,1-2H3. The Hall–Kier alpha value is -3.09. The van der Waals surface area contributed by atoms with Gasteiger partial charge in [0.1, 0.15) is 17.2 Å². The Morgan fingerprint density at radius 2 is 2.17 bits per heavy atom. The third kappa shape index (κ3) is 2.57. The van der Waals surface area contributed by atoms with E-state index in [2.05, 4.69) is 10.2 Å². The quantitative estimate of drug-likeness (QED) is 0.873. The second kappa shape index (κ2) is 5.96. The molecular weight excluding hydrogens is 298 g/mol. The molecule has 1 aromatic heterocycles. The van der Waals surface area contributed by atoms with E-state index < -0.39 is 0 Å². The number of aldehydes is 1. The van der Waals surface area contributed by atoms with Crippen LogP contribution < -0.4 is 4.74 Å². The number of carbonyl (C=O) groups is 1. The molecule has 0 aliphatic carbocycles. The highest BCUT2D eigenvalue weighted by molar-refractivity contribution is 5.75. The van der Waals surface area contributed by atoms with Crippen molar-refractivity contribution in [2.75, 3.05) is 7.11 Å². The van der Waals surface area contributed by atoms with Crippen LogP contribution in [-0.4, -0.2) is 33.3 Å². The SMILES string of the molecule is COc1cccc(O)c1-n1c(C=O)nnc1C1=CCC=C(C)O1. The largest absolute Gasteiger partial charge is 0.506 e. The van der Waals surface area contributed by atoms with E-state index in [9.17, 15) is 9.90 Å². The number of benzene rings is 1. The predicted molar refractivity (Wildman–Crippen MR) is 82.4 cm³/mol. The van der Waals surface area contributed by atoms with Crippen LogP contribution >= 0.6 is 0 Å². The van der Waals surface area contributed by atoms with Gasteiger partial charge in [-0.1, -0.05) is 6.07 Å². The van der Waals surface area contributed by atoms with Gasteiger partial charge in [0, 0.05) is 0 Å². The summed E-state index contributed by atoms with van der Waals surface area (Å²) < 4.78 is 12.4. The molecule has 0 unspecified atom stereocenters. The number of rotatable bonds is 4. The van der Waals surface area contributed by atoms with Crippen molar-refractivity contribution in [3.05, 3.63) is 47.8 Å². The number of phenols is 1. The first-order valence-corrected chi connectivity index (χ1v) is 6.97. The molecule has 1 aromatic carbocycles. The van der Waals surface area contributed by atoms with Crippen molar-refractivity contribution < 1.29 is 19.4 Å². The maximum Gasteiger partial charge on any atom is 0.204 e. The number of phenolic OH excluding ortho intramolecular Hbond substituents is 1. The summed E-state index contributed by atoms with van der Waals surface area (Å²) in [5.41, 5.74) is 0.286. The molecule has 1 N–H and O–H groups in total. The van der Waals surface area contributed by atoms with Crippen molar-refractivity contribution >= 4 is 12.0 Å². The maximum atomic E-state index is 11.4. The average molecular weight is 313 g/mol. The maximum absolute atomic E-state index is 11.4. The van der Waals surface area contributed by atoms with Crippen LogP contribution in [0.1, 0.15) is 29.8 Å². The predicted octanol–water partition coefficient (Wildman–Crippen LogP) is 2.46. The number of hydrogen-bond donors (Lipinski definition) is 1. The lowest BCUT2D eigenvalue weighted by Crippen LogP contribution is -2.09. The van der Waals surface area contributed by atoms with E-state index in [4.69, 9.17) is 9.47 Å². The number of aromatic nitrogens is 3. The number of para-hydroxylation sites is 1. The van der Waals surface area contributed by atoms with Crippen molar-refractivity contribution in [2.45, 2.75) is 13.3 Å². The molecule has 2 aromatic rings. The van der Waals surface area contributed by atoms with Gasteiger partial charge in [0.15, 0.2) is 12.0 Å². The van der Waals surface area contributed by atoms with Gasteiger partial charge in [-0.05, 0) is 37.6 Å². The summed E-state index contributed by atoms with van der Waals surface area (Å²) in [6.07, 6.45) is 5.00. The van der Waals surface area contributed by atoms with Crippen LogP contribution in [0.5, 0.6) is 11.5 Å². The number of carbonyl (C=O) groups excluding carboxylic acids is 1. The molecule has 2 heterocycles. The molecule has 0 saturated carbocycles. The fraction of sp³-hybridized carbons (Fsp3) is 0.188. The zero-order valence-corrected chi connectivity index (χ0v) is 12.7. The molecule has 23 heavy (non-hydrogen) atoms. The van der Waals surface area contributed by atoms with Gasteiger partial charge in [-0.2, -0.15) is 0 Å². The average Bonchev–Trinajstić information content (AvgIpc) is 2.98. The highest BCUT2D eigenvalue weighted by Gasteiger charge is 2.24. The molecule has 0 atom stereocenters. The fourth-order valence-electron chi connectivity index (χ4n) is 2.38. The number of aromatic hydroxyl groups is 1. The van der Waals surface area contributed by atoms with Crippen LogP contribution in [0.3, 0.4) is 0 Å². The number of nitrogens with zero attached hydrogens (tertiary/aromatic N) is 3. The number of hydrogen-bond acceptors (Lipinski definition) is 6. The molecule has 0 fully saturated rings. The third-order valence-electron chi connectivity index (χ3n) is 3.41. The normalized spacial score (nSPS) is 13.8. The molecule has 7 nitrogen and oxygen atoms in total. The first-order valence-electron chi connectivity index (χ1n) is 6.97. The Bertz CT molecular complexity index is 821. The summed E-state index contributed by atoms with van der Waals surface area (Å²) in [5, 5.41) is 18.1. The van der Waals surface area contributed by atoms with E-state index in [0.29, 0.717) is 30.0 Å². The molecule has 0 amide bonds. The van der Waals surface area contributed by atoms with E-state index in [1.165, 1.54) is 17.7 Å². The highest BCUT2D eigenvalue weighted by Crippen LogP contribution is 2.35. The topological polar surface area (TPSA) is 86.5 Å². The Morgan fingerprint density at radius 3 is 2.87 bits per heavy atom. The van der Waals surface area contributed by atoms with Gasteiger partial charge in [-0.3, -0.25) is 9.36 Å². The van der Waals surface area contributed by atoms with Gasteiger partial charge in [0.25, 0.3) is 0 Å². The van der Waals surface area contributed by atoms with Gasteiger partial charge in [0.05, 0.1) is 12.9 Å². The summed E-state index contributed by atoms with van der Waals surface area (Å²) >= 11 is 0. The molecule has 0 saturated heterocycles. The molecule has 0 bridgehead atoms. The lowest BCUT2D eigenvalue weighted by Gasteiger charge is -2.17. The molecule has 0 spiro atoms.